The highest BCUT2D eigenvalue weighted by molar-refractivity contribution is 7.99. The standard InChI is InChI=1S/C11H19NO3S/c1-7(16-2)6-12-10(13)8-3-4-9(5-8)11(14)15/h7-9H,3-6H2,1-2H3,(H,12,13)(H,14,15). The first kappa shape index (κ1) is 13.4. The summed E-state index contributed by atoms with van der Waals surface area (Å²) in [7, 11) is 0. The van der Waals surface area contributed by atoms with Crippen LogP contribution in [0.4, 0.5) is 0 Å². The number of amides is 1. The molecule has 3 unspecified atom stereocenters. The maximum Gasteiger partial charge on any atom is 0.306 e. The molecule has 0 aromatic carbocycles. The molecule has 16 heavy (non-hydrogen) atoms. The van der Waals surface area contributed by atoms with Gasteiger partial charge in [-0.1, -0.05) is 6.92 Å². The minimum Gasteiger partial charge on any atom is -0.481 e. The van der Waals surface area contributed by atoms with Crippen LogP contribution in [-0.4, -0.2) is 35.0 Å². The Balaban J connectivity index is 2.31. The van der Waals surface area contributed by atoms with Crippen molar-refractivity contribution in [3.63, 3.8) is 0 Å². The topological polar surface area (TPSA) is 66.4 Å². The number of hydrogen-bond acceptors (Lipinski definition) is 3. The van der Waals surface area contributed by atoms with Crippen molar-refractivity contribution in [1.29, 1.82) is 0 Å². The van der Waals surface area contributed by atoms with Crippen molar-refractivity contribution in [2.45, 2.75) is 31.4 Å². The molecule has 2 N–H and O–H groups in total. The molecule has 92 valence electrons. The van der Waals surface area contributed by atoms with Gasteiger partial charge in [-0.2, -0.15) is 11.8 Å². The van der Waals surface area contributed by atoms with Gasteiger partial charge in [0.1, 0.15) is 0 Å². The van der Waals surface area contributed by atoms with Gasteiger partial charge in [0, 0.05) is 17.7 Å². The molecule has 1 amide bonds. The van der Waals surface area contributed by atoms with E-state index in [1.807, 2.05) is 6.26 Å². The van der Waals surface area contributed by atoms with E-state index in [4.69, 9.17) is 5.11 Å². The molecule has 1 rings (SSSR count). The average Bonchev–Trinajstić information content (AvgIpc) is 2.74. The molecule has 1 aliphatic rings. The number of thioether (sulfide) groups is 1. The number of rotatable bonds is 5. The second kappa shape index (κ2) is 6.13. The predicted octanol–water partition coefficient (Wildman–Crippen LogP) is 1.35. The Hall–Kier alpha value is -0.710. The first-order chi connectivity index (χ1) is 7.54. The second-order valence-corrected chi connectivity index (χ2v) is 5.61. The van der Waals surface area contributed by atoms with E-state index in [0.717, 1.165) is 0 Å². The maximum absolute atomic E-state index is 11.7. The SMILES string of the molecule is CSC(C)CNC(=O)C1CCC(C(=O)O)C1. The van der Waals surface area contributed by atoms with E-state index in [9.17, 15) is 9.59 Å². The minimum absolute atomic E-state index is 0.0182. The molecule has 0 bridgehead atoms. The Bertz CT molecular complexity index is 270. The quantitative estimate of drug-likeness (QED) is 0.767. The largest absolute Gasteiger partial charge is 0.481 e. The van der Waals surface area contributed by atoms with Crippen LogP contribution in [0.15, 0.2) is 0 Å². The Kier molecular flexibility index (Phi) is 5.12. The van der Waals surface area contributed by atoms with E-state index in [0.29, 0.717) is 31.1 Å². The number of carbonyl (C=O) groups is 2. The number of carboxylic acids is 1. The van der Waals surface area contributed by atoms with Gasteiger partial charge in [-0.05, 0) is 25.5 Å². The molecule has 5 heteroatoms. The third-order valence-corrected chi connectivity index (χ3v) is 4.09. The first-order valence-corrected chi connectivity index (χ1v) is 6.86. The lowest BCUT2D eigenvalue weighted by Gasteiger charge is -2.13. The number of carbonyl (C=O) groups excluding carboxylic acids is 1. The summed E-state index contributed by atoms with van der Waals surface area (Å²) in [6.07, 6.45) is 3.84. The fourth-order valence-electron chi connectivity index (χ4n) is 1.92. The van der Waals surface area contributed by atoms with Crippen molar-refractivity contribution in [2.24, 2.45) is 11.8 Å². The van der Waals surface area contributed by atoms with Crippen molar-refractivity contribution >= 4 is 23.6 Å². The summed E-state index contributed by atoms with van der Waals surface area (Å²) in [5.41, 5.74) is 0. The predicted molar refractivity (Wildman–Crippen MR) is 64.5 cm³/mol. The van der Waals surface area contributed by atoms with Crippen molar-refractivity contribution in [2.75, 3.05) is 12.8 Å². The monoisotopic (exact) mass is 245 g/mol. The minimum atomic E-state index is -0.771. The molecular formula is C11H19NO3S. The van der Waals surface area contributed by atoms with Crippen molar-refractivity contribution in [1.82, 2.24) is 5.32 Å². The fraction of sp³-hybridized carbons (Fsp3) is 0.818. The summed E-state index contributed by atoms with van der Waals surface area (Å²) < 4.78 is 0. The highest BCUT2D eigenvalue weighted by Gasteiger charge is 2.33. The number of aliphatic carboxylic acids is 1. The van der Waals surface area contributed by atoms with Crippen LogP contribution in [0.25, 0.3) is 0 Å². The lowest BCUT2D eigenvalue weighted by molar-refractivity contribution is -0.141. The molecule has 0 heterocycles. The molecule has 0 aliphatic heterocycles. The maximum atomic E-state index is 11.7. The van der Waals surface area contributed by atoms with Gasteiger partial charge < -0.3 is 10.4 Å². The normalized spacial score (nSPS) is 26.4. The lowest BCUT2D eigenvalue weighted by atomic mass is 10.0. The van der Waals surface area contributed by atoms with Gasteiger partial charge in [0.15, 0.2) is 0 Å². The third-order valence-electron chi connectivity index (χ3n) is 3.12. The summed E-state index contributed by atoms with van der Waals surface area (Å²) in [6.45, 7) is 2.72. The van der Waals surface area contributed by atoms with Crippen LogP contribution in [0, 0.1) is 11.8 Å². The Morgan fingerprint density at radius 1 is 1.44 bits per heavy atom. The van der Waals surface area contributed by atoms with E-state index in [-0.39, 0.29) is 17.7 Å². The summed E-state index contributed by atoms with van der Waals surface area (Å²) in [5, 5.41) is 12.1. The van der Waals surface area contributed by atoms with E-state index in [1.54, 1.807) is 11.8 Å². The van der Waals surface area contributed by atoms with E-state index >= 15 is 0 Å². The molecule has 0 saturated heterocycles. The molecule has 3 atom stereocenters. The highest BCUT2D eigenvalue weighted by atomic mass is 32.2. The summed E-state index contributed by atoms with van der Waals surface area (Å²) >= 11 is 1.71. The first-order valence-electron chi connectivity index (χ1n) is 5.58. The Morgan fingerprint density at radius 3 is 2.56 bits per heavy atom. The molecule has 4 nitrogen and oxygen atoms in total. The lowest BCUT2D eigenvalue weighted by Crippen LogP contribution is -2.33. The smallest absolute Gasteiger partial charge is 0.306 e. The van der Waals surface area contributed by atoms with Gasteiger partial charge in [-0.25, -0.2) is 0 Å². The van der Waals surface area contributed by atoms with E-state index < -0.39 is 5.97 Å². The van der Waals surface area contributed by atoms with Gasteiger partial charge in [0.2, 0.25) is 5.91 Å². The van der Waals surface area contributed by atoms with Crippen LogP contribution in [0.2, 0.25) is 0 Å². The fourth-order valence-corrected chi connectivity index (χ4v) is 2.17. The molecule has 1 fully saturated rings. The number of carboxylic acid groups (broad SMARTS) is 1. The molecule has 1 saturated carbocycles. The summed E-state index contributed by atoms with van der Waals surface area (Å²) in [5.74, 6) is -1.18. The zero-order chi connectivity index (χ0) is 12.1. The van der Waals surface area contributed by atoms with Crippen LogP contribution in [0.3, 0.4) is 0 Å². The highest BCUT2D eigenvalue weighted by Crippen LogP contribution is 2.31. The van der Waals surface area contributed by atoms with Crippen LogP contribution in [0.1, 0.15) is 26.2 Å². The van der Waals surface area contributed by atoms with Crippen LogP contribution in [0.5, 0.6) is 0 Å². The molecule has 0 spiro atoms. The number of hydrogen-bond donors (Lipinski definition) is 2. The third kappa shape index (κ3) is 3.70. The Labute approximate surface area is 100 Å². The summed E-state index contributed by atoms with van der Waals surface area (Å²) in [6, 6.07) is 0. The van der Waals surface area contributed by atoms with Gasteiger partial charge in [-0.15, -0.1) is 0 Å². The molecular weight excluding hydrogens is 226 g/mol. The zero-order valence-electron chi connectivity index (χ0n) is 9.73. The van der Waals surface area contributed by atoms with Crippen molar-refractivity contribution in [3.05, 3.63) is 0 Å². The molecule has 0 aromatic heterocycles. The van der Waals surface area contributed by atoms with Gasteiger partial charge in [-0.3, -0.25) is 9.59 Å². The van der Waals surface area contributed by atoms with Crippen LogP contribution >= 0.6 is 11.8 Å². The second-order valence-electron chi connectivity index (χ2n) is 4.34. The average molecular weight is 245 g/mol. The molecule has 0 aromatic rings. The molecule has 1 aliphatic carbocycles. The van der Waals surface area contributed by atoms with Crippen LogP contribution < -0.4 is 5.32 Å². The van der Waals surface area contributed by atoms with E-state index in [2.05, 4.69) is 12.2 Å². The zero-order valence-corrected chi connectivity index (χ0v) is 10.5. The van der Waals surface area contributed by atoms with Gasteiger partial charge in [0.05, 0.1) is 5.92 Å². The number of nitrogens with one attached hydrogen (secondary N) is 1. The molecule has 0 radical (unpaired) electrons. The van der Waals surface area contributed by atoms with Gasteiger partial charge in [0.25, 0.3) is 0 Å². The van der Waals surface area contributed by atoms with Crippen LogP contribution in [-0.2, 0) is 9.59 Å². The van der Waals surface area contributed by atoms with Crippen molar-refractivity contribution in [3.8, 4) is 0 Å². The van der Waals surface area contributed by atoms with E-state index in [1.165, 1.54) is 0 Å². The van der Waals surface area contributed by atoms with Gasteiger partial charge >= 0.3 is 5.97 Å². The summed E-state index contributed by atoms with van der Waals surface area (Å²) in [4.78, 5) is 22.5. The van der Waals surface area contributed by atoms with Crippen molar-refractivity contribution < 1.29 is 14.7 Å². The Morgan fingerprint density at radius 2 is 2.06 bits per heavy atom.